The zero-order valence-electron chi connectivity index (χ0n) is 24.1. The van der Waals surface area contributed by atoms with Crippen molar-refractivity contribution in [1.82, 2.24) is 0 Å². The maximum Gasteiger partial charge on any atom is 0.0456 e. The summed E-state index contributed by atoms with van der Waals surface area (Å²) in [7, 11) is 0. The van der Waals surface area contributed by atoms with Crippen molar-refractivity contribution in [2.24, 2.45) is 0 Å². The summed E-state index contributed by atoms with van der Waals surface area (Å²) < 4.78 is 0. The molecule has 1 aliphatic carbocycles. The quantitative estimate of drug-likeness (QED) is 0.199. The van der Waals surface area contributed by atoms with Crippen molar-refractivity contribution in [2.45, 2.75) is 12.8 Å². The first kappa shape index (κ1) is 26.5. The number of benzene rings is 6. The van der Waals surface area contributed by atoms with Gasteiger partial charge in [0.15, 0.2) is 0 Å². The molecule has 1 heteroatoms. The van der Waals surface area contributed by atoms with E-state index in [1.165, 1.54) is 50.1 Å². The van der Waals surface area contributed by atoms with Gasteiger partial charge in [-0.3, -0.25) is 0 Å². The molecule has 0 amide bonds. The maximum atomic E-state index is 2.36. The Hall–Kier alpha value is -5.40. The van der Waals surface area contributed by atoms with Crippen LogP contribution in [0.3, 0.4) is 0 Å². The number of para-hydroxylation sites is 1. The van der Waals surface area contributed by atoms with Crippen LogP contribution in [-0.4, -0.2) is 0 Å². The fraction of sp³-hybridized carbons (Fsp3) is 0.0476. The first-order valence-electron chi connectivity index (χ1n) is 15.0. The van der Waals surface area contributed by atoms with E-state index in [0.717, 1.165) is 24.2 Å². The van der Waals surface area contributed by atoms with Gasteiger partial charge in [0.2, 0.25) is 0 Å². The van der Waals surface area contributed by atoms with E-state index < -0.39 is 0 Å². The van der Waals surface area contributed by atoms with Gasteiger partial charge in [0.05, 0.1) is 0 Å². The molecule has 1 nitrogen and oxygen atoms in total. The van der Waals surface area contributed by atoms with Crippen molar-refractivity contribution in [3.8, 4) is 0 Å². The number of nitrogens with zero attached hydrogens (tertiary/aromatic N) is 1. The van der Waals surface area contributed by atoms with Gasteiger partial charge in [-0.05, 0) is 87.7 Å². The molecule has 0 aromatic heterocycles. The lowest BCUT2D eigenvalue weighted by atomic mass is 9.92. The minimum Gasteiger partial charge on any atom is -0.317 e. The van der Waals surface area contributed by atoms with Gasteiger partial charge in [-0.1, -0.05) is 140 Å². The van der Waals surface area contributed by atoms with E-state index >= 15 is 0 Å². The van der Waals surface area contributed by atoms with Crippen LogP contribution in [-0.2, 0) is 12.8 Å². The molecular formula is C42H33N. The highest BCUT2D eigenvalue weighted by Crippen LogP contribution is 2.36. The van der Waals surface area contributed by atoms with Crippen molar-refractivity contribution < 1.29 is 0 Å². The number of hydrogen-bond acceptors (Lipinski definition) is 1. The van der Waals surface area contributed by atoms with E-state index in [0.29, 0.717) is 0 Å². The second-order valence-corrected chi connectivity index (χ2v) is 10.9. The SMILES string of the molecule is C(=C(c1ccccc1)c1ccccc1)N(c1ccccc1)c1ccc(C=C2c3ccccc3CCc3ccccc32)cc1. The maximum absolute atomic E-state index is 2.36. The molecule has 0 spiro atoms. The first-order chi connectivity index (χ1) is 21.3. The standard InChI is InChI=1S/C42H33N/c1-4-14-33(15-5-1)42(34-16-6-2-7-17-34)31-43(37-20-8-3-9-21-37)38-28-24-32(25-29-38)30-41-39-22-12-10-18-35(39)26-27-36-19-11-13-23-40(36)41/h1-25,28-31H,26-27H2. The third-order valence-corrected chi connectivity index (χ3v) is 8.22. The molecule has 0 N–H and O–H groups in total. The lowest BCUT2D eigenvalue weighted by Gasteiger charge is -2.23. The fourth-order valence-electron chi connectivity index (χ4n) is 6.04. The van der Waals surface area contributed by atoms with Crippen molar-refractivity contribution in [2.75, 3.05) is 4.90 Å². The van der Waals surface area contributed by atoms with E-state index in [-0.39, 0.29) is 0 Å². The summed E-state index contributed by atoms with van der Waals surface area (Å²) in [5.41, 5.74) is 13.7. The van der Waals surface area contributed by atoms with E-state index in [4.69, 9.17) is 0 Å². The fourth-order valence-corrected chi connectivity index (χ4v) is 6.04. The Morgan fingerprint density at radius 1 is 0.442 bits per heavy atom. The summed E-state index contributed by atoms with van der Waals surface area (Å²) in [5.74, 6) is 0. The molecule has 0 heterocycles. The predicted octanol–water partition coefficient (Wildman–Crippen LogP) is 10.6. The summed E-state index contributed by atoms with van der Waals surface area (Å²) in [5, 5.41) is 0. The van der Waals surface area contributed by atoms with E-state index in [1.54, 1.807) is 0 Å². The number of fused-ring (bicyclic) bond motifs is 2. The van der Waals surface area contributed by atoms with Crippen molar-refractivity contribution in [3.63, 3.8) is 0 Å². The summed E-state index contributed by atoms with van der Waals surface area (Å²) in [6.45, 7) is 0. The van der Waals surface area contributed by atoms with Crippen molar-refractivity contribution >= 4 is 28.6 Å². The van der Waals surface area contributed by atoms with E-state index in [1.807, 2.05) is 0 Å². The predicted molar refractivity (Wildman–Crippen MR) is 182 cm³/mol. The molecule has 0 radical (unpaired) electrons. The highest BCUT2D eigenvalue weighted by molar-refractivity contribution is 5.94. The van der Waals surface area contributed by atoms with Crippen LogP contribution in [0.2, 0.25) is 0 Å². The molecule has 6 aromatic carbocycles. The van der Waals surface area contributed by atoms with E-state index in [9.17, 15) is 0 Å². The molecule has 0 unspecified atom stereocenters. The van der Waals surface area contributed by atoms with Gasteiger partial charge < -0.3 is 4.90 Å². The second kappa shape index (κ2) is 12.2. The average molecular weight is 552 g/mol. The van der Waals surface area contributed by atoms with Gasteiger partial charge in [0.1, 0.15) is 0 Å². The Morgan fingerprint density at radius 3 is 1.42 bits per heavy atom. The van der Waals surface area contributed by atoms with Crippen LogP contribution in [0.4, 0.5) is 11.4 Å². The molecule has 0 bridgehead atoms. The van der Waals surface area contributed by atoms with Gasteiger partial charge in [0.25, 0.3) is 0 Å². The molecule has 7 rings (SSSR count). The Kier molecular flexibility index (Phi) is 7.53. The third-order valence-electron chi connectivity index (χ3n) is 8.22. The average Bonchev–Trinajstić information content (AvgIpc) is 3.24. The van der Waals surface area contributed by atoms with Gasteiger partial charge in [0, 0.05) is 23.1 Å². The number of anilines is 2. The Bertz CT molecular complexity index is 1790. The van der Waals surface area contributed by atoms with Crippen LogP contribution >= 0.6 is 0 Å². The molecule has 0 saturated heterocycles. The van der Waals surface area contributed by atoms with Crippen LogP contribution in [0.25, 0.3) is 17.2 Å². The monoisotopic (exact) mass is 551 g/mol. The highest BCUT2D eigenvalue weighted by Gasteiger charge is 2.18. The van der Waals surface area contributed by atoms with Gasteiger partial charge in [-0.25, -0.2) is 0 Å². The molecule has 43 heavy (non-hydrogen) atoms. The molecular weight excluding hydrogens is 518 g/mol. The third kappa shape index (κ3) is 5.71. The largest absolute Gasteiger partial charge is 0.317 e. The van der Waals surface area contributed by atoms with Gasteiger partial charge >= 0.3 is 0 Å². The van der Waals surface area contributed by atoms with E-state index in [2.05, 4.69) is 181 Å². The second-order valence-electron chi connectivity index (χ2n) is 10.9. The van der Waals surface area contributed by atoms with Gasteiger partial charge in [-0.15, -0.1) is 0 Å². The normalized spacial score (nSPS) is 12.0. The van der Waals surface area contributed by atoms with Crippen LogP contribution in [0.5, 0.6) is 0 Å². The minimum absolute atomic E-state index is 1.06. The molecule has 206 valence electrons. The lowest BCUT2D eigenvalue weighted by molar-refractivity contribution is 0.965. The zero-order valence-corrected chi connectivity index (χ0v) is 24.1. The number of rotatable bonds is 6. The molecule has 0 saturated carbocycles. The molecule has 1 aliphatic rings. The van der Waals surface area contributed by atoms with Gasteiger partial charge in [-0.2, -0.15) is 0 Å². The van der Waals surface area contributed by atoms with Crippen LogP contribution in [0.1, 0.15) is 38.9 Å². The Morgan fingerprint density at radius 2 is 0.884 bits per heavy atom. The summed E-state index contributed by atoms with van der Waals surface area (Å²) >= 11 is 0. The zero-order chi connectivity index (χ0) is 28.8. The topological polar surface area (TPSA) is 3.24 Å². The van der Waals surface area contributed by atoms with Crippen LogP contribution < -0.4 is 4.90 Å². The van der Waals surface area contributed by atoms with Crippen LogP contribution in [0, 0.1) is 0 Å². The Balaban J connectivity index is 1.33. The van der Waals surface area contributed by atoms with Crippen molar-refractivity contribution in [1.29, 1.82) is 0 Å². The summed E-state index contributed by atoms with van der Waals surface area (Å²) in [6.07, 6.45) is 6.75. The highest BCUT2D eigenvalue weighted by atomic mass is 15.1. The Labute approximate surface area is 254 Å². The van der Waals surface area contributed by atoms with Crippen molar-refractivity contribution in [3.05, 3.63) is 209 Å². The number of hydrogen-bond donors (Lipinski definition) is 0. The molecule has 6 aromatic rings. The molecule has 0 fully saturated rings. The molecule has 0 aliphatic heterocycles. The summed E-state index contributed by atoms with van der Waals surface area (Å²) in [4.78, 5) is 2.29. The summed E-state index contributed by atoms with van der Waals surface area (Å²) in [6, 6.07) is 58.5. The first-order valence-corrected chi connectivity index (χ1v) is 15.0. The molecule has 0 atom stereocenters. The smallest absolute Gasteiger partial charge is 0.0456 e. The number of aryl methyl sites for hydroxylation is 2. The minimum atomic E-state index is 1.06. The lowest BCUT2D eigenvalue weighted by Crippen LogP contribution is -2.10. The van der Waals surface area contributed by atoms with Crippen LogP contribution in [0.15, 0.2) is 170 Å².